The fourth-order valence-electron chi connectivity index (χ4n) is 9.22. The van der Waals surface area contributed by atoms with Crippen LogP contribution in [0.5, 0.6) is 17.2 Å². The van der Waals surface area contributed by atoms with Gasteiger partial charge in [0.25, 0.3) is 11.8 Å². The molecule has 4 amide bonds. The standard InChI is InChI=1S/C42H35Cl2N3O8/c1-21(48)22-7-12-25(13-8-22)46-38(50)28-17-16-27-30(35(28)40(46)52)20-31-39(51)47(45-33-18-11-24(43)19-32(33)44)41(53)42(31,23-9-14-26(54-2)15-10-23)36(27)29-5-4-6-34(55-3)37(29)49/h4-16,18-19,28,30-31,35-36,45,49H,17,20H2,1-3H3. The third-order valence-corrected chi connectivity index (χ3v) is 12.2. The average molecular weight is 781 g/mol. The van der Waals surface area contributed by atoms with Gasteiger partial charge in [-0.2, -0.15) is 5.01 Å². The molecule has 280 valence electrons. The van der Waals surface area contributed by atoms with Gasteiger partial charge in [-0.05, 0) is 91.9 Å². The average Bonchev–Trinajstić information content (AvgIpc) is 3.56. The first kappa shape index (κ1) is 36.3. The van der Waals surface area contributed by atoms with Gasteiger partial charge in [-0.25, -0.2) is 0 Å². The van der Waals surface area contributed by atoms with Crippen molar-refractivity contribution in [3.8, 4) is 17.2 Å². The first-order chi connectivity index (χ1) is 26.4. The number of ketones is 1. The molecule has 2 aliphatic carbocycles. The second-order valence-electron chi connectivity index (χ2n) is 14.2. The second kappa shape index (κ2) is 13.6. The molecule has 4 aliphatic rings. The molecule has 2 saturated heterocycles. The molecule has 0 bridgehead atoms. The molecule has 4 aromatic rings. The number of carbonyl (C=O) groups is 5. The van der Waals surface area contributed by atoms with Crippen molar-refractivity contribution in [2.24, 2.45) is 23.7 Å². The molecular weight excluding hydrogens is 745 g/mol. The number of anilines is 2. The Morgan fingerprint density at radius 2 is 1.60 bits per heavy atom. The molecular formula is C42H35Cl2N3O8. The maximum absolute atomic E-state index is 15.4. The predicted octanol–water partition coefficient (Wildman–Crippen LogP) is 7.11. The summed E-state index contributed by atoms with van der Waals surface area (Å²) in [6, 6.07) is 22.8. The van der Waals surface area contributed by atoms with E-state index in [1.165, 1.54) is 27.2 Å². The smallest absolute Gasteiger partial charge is 0.260 e. The van der Waals surface area contributed by atoms with Crippen molar-refractivity contribution in [1.82, 2.24) is 5.01 Å². The maximum Gasteiger partial charge on any atom is 0.260 e. The topological polar surface area (TPSA) is 143 Å². The number of phenolic OH excluding ortho intramolecular Hbond substituents is 1. The number of ether oxygens (including phenoxy) is 2. The minimum absolute atomic E-state index is 0.0352. The van der Waals surface area contributed by atoms with Crippen LogP contribution in [0.25, 0.3) is 0 Å². The molecule has 2 heterocycles. The number of methoxy groups -OCH3 is 2. The van der Waals surface area contributed by atoms with E-state index in [4.69, 9.17) is 32.7 Å². The Hall–Kier alpha value is -5.65. The summed E-state index contributed by atoms with van der Waals surface area (Å²) >= 11 is 12.7. The Bertz CT molecular complexity index is 2330. The molecule has 13 heteroatoms. The van der Waals surface area contributed by atoms with Crippen LogP contribution in [-0.4, -0.2) is 53.7 Å². The molecule has 8 rings (SSSR count). The first-order valence-corrected chi connectivity index (χ1v) is 18.5. The summed E-state index contributed by atoms with van der Waals surface area (Å²) in [6.45, 7) is 1.43. The van der Waals surface area contributed by atoms with E-state index >= 15 is 4.79 Å². The van der Waals surface area contributed by atoms with Crippen LogP contribution in [0.15, 0.2) is 96.6 Å². The summed E-state index contributed by atoms with van der Waals surface area (Å²) in [5.41, 5.74) is 3.79. The largest absolute Gasteiger partial charge is 0.504 e. The minimum Gasteiger partial charge on any atom is -0.504 e. The molecule has 0 radical (unpaired) electrons. The molecule has 4 aromatic carbocycles. The Morgan fingerprint density at radius 1 is 0.873 bits per heavy atom. The van der Waals surface area contributed by atoms with Crippen LogP contribution >= 0.6 is 23.2 Å². The molecule has 0 aromatic heterocycles. The van der Waals surface area contributed by atoms with Crippen molar-refractivity contribution < 1.29 is 38.6 Å². The van der Waals surface area contributed by atoms with E-state index in [9.17, 15) is 24.3 Å². The van der Waals surface area contributed by atoms with Gasteiger partial charge >= 0.3 is 0 Å². The van der Waals surface area contributed by atoms with E-state index in [0.717, 1.165) is 9.91 Å². The number of aromatic hydroxyl groups is 1. The highest BCUT2D eigenvalue weighted by molar-refractivity contribution is 6.36. The molecule has 1 saturated carbocycles. The summed E-state index contributed by atoms with van der Waals surface area (Å²) < 4.78 is 11.0. The van der Waals surface area contributed by atoms with Crippen LogP contribution in [-0.2, 0) is 24.6 Å². The number of amides is 4. The van der Waals surface area contributed by atoms with E-state index < -0.39 is 52.7 Å². The quantitative estimate of drug-likeness (QED) is 0.109. The molecule has 6 atom stereocenters. The van der Waals surface area contributed by atoms with Crippen LogP contribution in [0.1, 0.15) is 47.2 Å². The van der Waals surface area contributed by atoms with Crippen LogP contribution in [0, 0.1) is 23.7 Å². The minimum atomic E-state index is -1.66. The van der Waals surface area contributed by atoms with Crippen LogP contribution in [0.2, 0.25) is 10.0 Å². The lowest BCUT2D eigenvalue weighted by Gasteiger charge is -2.50. The first-order valence-electron chi connectivity index (χ1n) is 17.7. The molecule has 0 spiro atoms. The third-order valence-electron chi connectivity index (χ3n) is 11.7. The lowest BCUT2D eigenvalue weighted by Crippen LogP contribution is -2.53. The Kier molecular flexibility index (Phi) is 8.97. The molecule has 55 heavy (non-hydrogen) atoms. The van der Waals surface area contributed by atoms with E-state index in [-0.39, 0.29) is 46.7 Å². The van der Waals surface area contributed by atoms with Gasteiger partial charge in [0.1, 0.15) is 5.75 Å². The van der Waals surface area contributed by atoms with Gasteiger partial charge in [0.15, 0.2) is 17.3 Å². The number of hydrazine groups is 1. The zero-order valence-corrected chi connectivity index (χ0v) is 31.4. The summed E-state index contributed by atoms with van der Waals surface area (Å²) in [5.74, 6) is -6.09. The number of para-hydroxylation sites is 1. The third kappa shape index (κ3) is 5.43. The van der Waals surface area contributed by atoms with Crippen molar-refractivity contribution in [3.05, 3.63) is 123 Å². The predicted molar refractivity (Wildman–Crippen MR) is 204 cm³/mol. The van der Waals surface area contributed by atoms with Crippen molar-refractivity contribution in [1.29, 1.82) is 0 Å². The van der Waals surface area contributed by atoms with Gasteiger partial charge in [-0.3, -0.25) is 34.3 Å². The van der Waals surface area contributed by atoms with Gasteiger partial charge in [0, 0.05) is 22.1 Å². The Balaban J connectivity index is 1.33. The molecule has 3 fully saturated rings. The lowest BCUT2D eigenvalue weighted by molar-refractivity contribution is -0.138. The summed E-state index contributed by atoms with van der Waals surface area (Å²) in [4.78, 5) is 72.2. The van der Waals surface area contributed by atoms with Crippen molar-refractivity contribution in [3.63, 3.8) is 0 Å². The highest BCUT2D eigenvalue weighted by Crippen LogP contribution is 2.65. The van der Waals surface area contributed by atoms with Crippen molar-refractivity contribution >= 4 is 64.0 Å². The molecule has 2 aliphatic heterocycles. The molecule has 2 N–H and O–H groups in total. The van der Waals surface area contributed by atoms with E-state index in [1.807, 2.05) is 6.08 Å². The lowest BCUT2D eigenvalue weighted by atomic mass is 9.49. The van der Waals surface area contributed by atoms with E-state index in [1.54, 1.807) is 78.9 Å². The Morgan fingerprint density at radius 3 is 2.25 bits per heavy atom. The summed E-state index contributed by atoms with van der Waals surface area (Å²) in [7, 11) is 2.94. The zero-order chi connectivity index (χ0) is 38.9. The van der Waals surface area contributed by atoms with Crippen LogP contribution in [0.4, 0.5) is 11.4 Å². The number of carbonyl (C=O) groups excluding carboxylic acids is 5. The van der Waals surface area contributed by atoms with Crippen LogP contribution < -0.4 is 19.8 Å². The van der Waals surface area contributed by atoms with Gasteiger partial charge in [0.2, 0.25) is 11.8 Å². The van der Waals surface area contributed by atoms with Gasteiger partial charge < -0.3 is 14.6 Å². The fraction of sp³-hybridized carbons (Fsp3) is 0.262. The molecule has 6 unspecified atom stereocenters. The number of fused-ring (bicyclic) bond motifs is 4. The number of allylic oxidation sites excluding steroid dienone is 2. The van der Waals surface area contributed by atoms with Gasteiger partial charge in [-0.15, -0.1) is 0 Å². The van der Waals surface area contributed by atoms with Gasteiger partial charge in [-0.1, -0.05) is 59.1 Å². The number of imide groups is 2. The number of nitrogens with zero attached hydrogens (tertiary/aromatic N) is 2. The number of halogens is 2. The number of nitrogens with one attached hydrogen (secondary N) is 1. The van der Waals surface area contributed by atoms with Crippen molar-refractivity contribution in [2.45, 2.75) is 31.1 Å². The van der Waals surface area contributed by atoms with E-state index in [0.29, 0.717) is 38.7 Å². The normalized spacial score (nSPS) is 25.6. The van der Waals surface area contributed by atoms with E-state index in [2.05, 4.69) is 5.43 Å². The fourth-order valence-corrected chi connectivity index (χ4v) is 9.68. The summed E-state index contributed by atoms with van der Waals surface area (Å²) in [6.07, 6.45) is 2.11. The number of benzene rings is 4. The number of Topliss-reactive ketones (excluding diaryl/α,β-unsaturated/α-hetero) is 1. The second-order valence-corrected chi connectivity index (χ2v) is 15.1. The maximum atomic E-state index is 15.4. The van der Waals surface area contributed by atoms with Gasteiger partial charge in [0.05, 0.1) is 53.8 Å². The monoisotopic (exact) mass is 779 g/mol. The Labute approximate surface area is 326 Å². The van der Waals surface area contributed by atoms with Crippen molar-refractivity contribution in [2.75, 3.05) is 24.5 Å². The number of hydrogen-bond acceptors (Lipinski definition) is 9. The number of rotatable bonds is 8. The van der Waals surface area contributed by atoms with Crippen LogP contribution in [0.3, 0.4) is 0 Å². The SMILES string of the molecule is COc1ccc(C23C(=O)N(Nc4ccc(Cl)cc4Cl)C(=O)C2CC2C(=CCC4C(=O)N(c5ccc(C(C)=O)cc5)C(=O)C42)C3c2cccc(OC)c2O)cc1. The summed E-state index contributed by atoms with van der Waals surface area (Å²) in [5, 5.41) is 13.4. The zero-order valence-electron chi connectivity index (χ0n) is 29.9. The number of phenols is 1. The molecule has 11 nitrogen and oxygen atoms in total. The highest BCUT2D eigenvalue weighted by atomic mass is 35.5. The highest BCUT2D eigenvalue weighted by Gasteiger charge is 2.70. The number of hydrogen-bond donors (Lipinski definition) is 2.